The largest absolute Gasteiger partial charge is 0.467 e. The number of ether oxygens (including phenoxy) is 2. The lowest BCUT2D eigenvalue weighted by Crippen LogP contribution is -2.68. The summed E-state index contributed by atoms with van der Waals surface area (Å²) in [6.45, 7) is 24.8. The van der Waals surface area contributed by atoms with Gasteiger partial charge in [0.05, 0.1) is 7.11 Å². The molecule has 0 saturated carbocycles. The zero-order chi connectivity index (χ0) is 41.4. The molecule has 52 heavy (non-hydrogen) atoms. The summed E-state index contributed by atoms with van der Waals surface area (Å²) in [4.78, 5) is 103. The van der Waals surface area contributed by atoms with Crippen LogP contribution in [0, 0.1) is 11.8 Å². The van der Waals surface area contributed by atoms with E-state index in [1.54, 1.807) is 48.5 Å². The van der Waals surface area contributed by atoms with Crippen molar-refractivity contribution in [3.63, 3.8) is 0 Å². The number of nitrogens with one attached hydrogen (secondary N) is 6. The van der Waals surface area contributed by atoms with Gasteiger partial charge in [0.2, 0.25) is 35.4 Å². The minimum absolute atomic E-state index is 0.295. The maximum atomic E-state index is 13.3. The summed E-state index contributed by atoms with van der Waals surface area (Å²) in [6, 6.07) is -0.952. The van der Waals surface area contributed by atoms with Crippen LogP contribution in [-0.4, -0.2) is 93.8 Å². The minimum Gasteiger partial charge on any atom is -0.467 e. The molecule has 0 saturated heterocycles. The Morgan fingerprint density at radius 1 is 0.519 bits per heavy atom. The molecule has 0 aliphatic rings. The van der Waals surface area contributed by atoms with Gasteiger partial charge in [0.15, 0.2) is 0 Å². The first-order valence-electron chi connectivity index (χ1n) is 17.1. The summed E-state index contributed by atoms with van der Waals surface area (Å²) < 4.78 is 10.2. The van der Waals surface area contributed by atoms with Crippen molar-refractivity contribution in [1.82, 2.24) is 31.9 Å². The van der Waals surface area contributed by atoms with Crippen molar-refractivity contribution in [3.05, 3.63) is 12.2 Å². The van der Waals surface area contributed by atoms with E-state index < -0.39 is 86.7 Å². The summed E-state index contributed by atoms with van der Waals surface area (Å²) in [6.07, 6.45) is 1.82. The van der Waals surface area contributed by atoms with Gasteiger partial charge in [0, 0.05) is 12.2 Å². The number of carbonyl (C=O) groups is 8. The quantitative estimate of drug-likeness (QED) is 0.0983. The number of hydrogen-bond donors (Lipinski definition) is 6. The first-order valence-corrected chi connectivity index (χ1v) is 17.1. The van der Waals surface area contributed by atoms with Gasteiger partial charge in [0.1, 0.15) is 39.3 Å². The lowest BCUT2D eigenvalue weighted by molar-refractivity contribution is -0.165. The van der Waals surface area contributed by atoms with Crippen molar-refractivity contribution >= 4 is 47.4 Å². The van der Waals surface area contributed by atoms with Gasteiger partial charge >= 0.3 is 11.9 Å². The van der Waals surface area contributed by atoms with Gasteiger partial charge in [-0.2, -0.15) is 0 Å². The van der Waals surface area contributed by atoms with Gasteiger partial charge in [-0.05, 0) is 94.9 Å². The van der Waals surface area contributed by atoms with E-state index in [0.717, 1.165) is 12.2 Å². The van der Waals surface area contributed by atoms with E-state index in [0.29, 0.717) is 0 Å². The Balaban J connectivity index is 5.58. The Bertz CT molecular complexity index is 1420. The predicted octanol–water partition coefficient (Wildman–Crippen LogP) is 1.31. The molecule has 16 heteroatoms. The van der Waals surface area contributed by atoms with Crippen LogP contribution in [0.5, 0.6) is 0 Å². The van der Waals surface area contributed by atoms with E-state index in [4.69, 9.17) is 9.47 Å². The second-order valence-electron chi connectivity index (χ2n) is 16.8. The molecule has 296 valence electrons. The van der Waals surface area contributed by atoms with Crippen LogP contribution in [0.4, 0.5) is 0 Å². The summed E-state index contributed by atoms with van der Waals surface area (Å²) in [7, 11) is 1.20. The zero-order valence-electron chi connectivity index (χ0n) is 34.0. The molecule has 2 atom stereocenters. The molecule has 16 nitrogen and oxygen atoms in total. The van der Waals surface area contributed by atoms with Crippen molar-refractivity contribution in [1.29, 1.82) is 0 Å². The number of hydrogen-bond acceptors (Lipinski definition) is 10. The van der Waals surface area contributed by atoms with Gasteiger partial charge in [-0.25, -0.2) is 9.59 Å². The maximum absolute atomic E-state index is 13.3. The molecule has 0 aliphatic carbocycles. The number of esters is 2. The molecule has 0 radical (unpaired) electrons. The molecule has 0 aromatic heterocycles. The minimum atomic E-state index is -1.60. The molecule has 6 N–H and O–H groups in total. The highest BCUT2D eigenvalue weighted by atomic mass is 16.6. The molecular weight excluding hydrogens is 676 g/mol. The van der Waals surface area contributed by atoms with Gasteiger partial charge < -0.3 is 41.4 Å². The van der Waals surface area contributed by atoms with E-state index in [1.165, 1.54) is 69.4 Å². The average Bonchev–Trinajstić information content (AvgIpc) is 2.95. The normalized spacial score (nSPS) is 14.4. The molecule has 0 rings (SSSR count). The summed E-state index contributed by atoms with van der Waals surface area (Å²) in [5.41, 5.74) is -8.45. The molecule has 0 aliphatic heterocycles. The van der Waals surface area contributed by atoms with Gasteiger partial charge in [-0.1, -0.05) is 27.7 Å². The van der Waals surface area contributed by atoms with E-state index in [-0.39, 0.29) is 11.8 Å². The standard InChI is InChI=1S/C36H62N6O10/c1-20(2)24(25(45)51-17)37-26(46)32(8,9)40-28(48)34(12,13)42-29(49)35(14,15)41-27(47)33(10,11)38-22(43)18-19-23(44)39-36(16,21(3)4)30(50)52-31(5,6)7/h18-21,24H,1-17H3,(H,37,46)(H,38,43)(H,39,44)(H,40,48)(H,41,47)(H,42,49)/b19-18-/t24-,36+/m1/s1. The maximum Gasteiger partial charge on any atom is 0.332 e. The summed E-state index contributed by atoms with van der Waals surface area (Å²) >= 11 is 0. The van der Waals surface area contributed by atoms with E-state index >= 15 is 0 Å². The van der Waals surface area contributed by atoms with E-state index in [2.05, 4.69) is 31.9 Å². The second-order valence-corrected chi connectivity index (χ2v) is 16.8. The second kappa shape index (κ2) is 17.3. The molecule has 0 heterocycles. The number of methoxy groups -OCH3 is 1. The van der Waals surface area contributed by atoms with Crippen LogP contribution in [0.3, 0.4) is 0 Å². The highest BCUT2D eigenvalue weighted by Gasteiger charge is 2.43. The Kier molecular flexibility index (Phi) is 15.8. The molecule has 6 amide bonds. The van der Waals surface area contributed by atoms with Crippen molar-refractivity contribution in [2.75, 3.05) is 7.11 Å². The van der Waals surface area contributed by atoms with Gasteiger partial charge in [0.25, 0.3) is 0 Å². The Morgan fingerprint density at radius 2 is 0.865 bits per heavy atom. The Labute approximate surface area is 308 Å². The molecule has 0 spiro atoms. The topological polar surface area (TPSA) is 227 Å². The van der Waals surface area contributed by atoms with E-state index in [1.807, 2.05) is 0 Å². The van der Waals surface area contributed by atoms with Crippen molar-refractivity contribution in [2.45, 2.75) is 150 Å². The van der Waals surface area contributed by atoms with Crippen molar-refractivity contribution < 1.29 is 47.8 Å². The van der Waals surface area contributed by atoms with Crippen LogP contribution in [-0.2, 0) is 47.8 Å². The van der Waals surface area contributed by atoms with Crippen LogP contribution in [0.1, 0.15) is 111 Å². The Morgan fingerprint density at radius 3 is 1.19 bits per heavy atom. The molecular formula is C36H62N6O10. The predicted molar refractivity (Wildman–Crippen MR) is 194 cm³/mol. The van der Waals surface area contributed by atoms with Crippen LogP contribution in [0.15, 0.2) is 12.2 Å². The third-order valence-electron chi connectivity index (χ3n) is 8.14. The molecule has 0 bridgehead atoms. The van der Waals surface area contributed by atoms with Gasteiger partial charge in [-0.3, -0.25) is 28.8 Å². The van der Waals surface area contributed by atoms with Crippen LogP contribution >= 0.6 is 0 Å². The number of amides is 6. The molecule has 0 aromatic carbocycles. The van der Waals surface area contributed by atoms with Crippen LogP contribution < -0.4 is 31.9 Å². The fourth-order valence-electron chi connectivity index (χ4n) is 4.11. The Hall–Kier alpha value is -4.50. The van der Waals surface area contributed by atoms with Crippen molar-refractivity contribution in [3.8, 4) is 0 Å². The first-order chi connectivity index (χ1) is 23.1. The fourth-order valence-corrected chi connectivity index (χ4v) is 4.11. The molecule has 0 fully saturated rings. The van der Waals surface area contributed by atoms with Gasteiger partial charge in [-0.15, -0.1) is 0 Å². The molecule has 0 aromatic rings. The first kappa shape index (κ1) is 47.5. The number of carbonyl (C=O) groups excluding carboxylic acids is 8. The van der Waals surface area contributed by atoms with E-state index in [9.17, 15) is 38.4 Å². The fraction of sp³-hybridized carbons (Fsp3) is 0.722. The van der Waals surface area contributed by atoms with Crippen LogP contribution in [0.2, 0.25) is 0 Å². The zero-order valence-corrected chi connectivity index (χ0v) is 34.0. The SMILES string of the molecule is COC(=O)[C@H](NC(=O)C(C)(C)NC(=O)C(C)(C)NC(=O)C(C)(C)NC(=O)C(C)(C)NC(=O)/C=C\C(=O)N[C@](C)(C(=O)OC(C)(C)C)C(C)C)C(C)C. The van der Waals surface area contributed by atoms with Crippen LogP contribution in [0.25, 0.3) is 0 Å². The lowest BCUT2D eigenvalue weighted by Gasteiger charge is -2.36. The lowest BCUT2D eigenvalue weighted by atomic mass is 9.88. The average molecular weight is 739 g/mol. The summed E-state index contributed by atoms with van der Waals surface area (Å²) in [5.74, 6) is -6.39. The monoisotopic (exact) mass is 738 g/mol. The third-order valence-corrected chi connectivity index (χ3v) is 8.14. The highest BCUT2D eigenvalue weighted by molar-refractivity contribution is 6.02. The molecule has 0 unspecified atom stereocenters. The third kappa shape index (κ3) is 13.9. The number of rotatable bonds is 16. The smallest absolute Gasteiger partial charge is 0.332 e. The summed E-state index contributed by atoms with van der Waals surface area (Å²) in [5, 5.41) is 15.4. The highest BCUT2D eigenvalue weighted by Crippen LogP contribution is 2.22. The van der Waals surface area contributed by atoms with Crippen molar-refractivity contribution in [2.24, 2.45) is 11.8 Å².